The number of nitrogens with zero attached hydrogens (tertiary/aromatic N) is 2. The molecule has 47 heavy (non-hydrogen) atoms. The predicted molar refractivity (Wildman–Crippen MR) is 204 cm³/mol. The Morgan fingerprint density at radius 2 is 1.62 bits per heavy atom. The zero-order valence-electron chi connectivity index (χ0n) is 30.1. The molecule has 4 rings (SSSR count). The summed E-state index contributed by atoms with van der Waals surface area (Å²) in [4.78, 5) is 2.36. The molecule has 1 heterocycles. The summed E-state index contributed by atoms with van der Waals surface area (Å²) < 4.78 is 22.9. The van der Waals surface area contributed by atoms with E-state index in [1.165, 1.54) is 45.6 Å². The van der Waals surface area contributed by atoms with Crippen molar-refractivity contribution in [3.63, 3.8) is 0 Å². The number of aryl methyl sites for hydroxylation is 3. The average molecular weight is 792 g/mol. The number of aromatic hydroxyl groups is 1. The number of halogens is 3. The maximum absolute atomic E-state index is 13.8. The van der Waals surface area contributed by atoms with Crippen LogP contribution in [0.4, 0.5) is 15.8 Å². The zero-order chi connectivity index (χ0) is 35.3. The molecule has 0 saturated carbocycles. The van der Waals surface area contributed by atoms with Gasteiger partial charge in [0.05, 0.1) is 0 Å². The molecule has 3 aromatic rings. The van der Waals surface area contributed by atoms with Crippen molar-refractivity contribution < 1.29 is 22.6 Å². The van der Waals surface area contributed by atoms with E-state index in [1.54, 1.807) is 22.6 Å². The molecule has 0 radical (unpaired) electrons. The Balaban J connectivity index is 0.000000312. The van der Waals surface area contributed by atoms with Crippen LogP contribution in [0.5, 0.6) is 5.75 Å². The summed E-state index contributed by atoms with van der Waals surface area (Å²) in [6.07, 6.45) is 2.28. The fourth-order valence-electron chi connectivity index (χ4n) is 5.68. The summed E-state index contributed by atoms with van der Waals surface area (Å²) in [5, 5.41) is 3.59. The van der Waals surface area contributed by atoms with Crippen molar-refractivity contribution in [3.8, 4) is 5.75 Å². The molecule has 1 aliphatic heterocycles. The third kappa shape index (κ3) is 11.5. The van der Waals surface area contributed by atoms with Gasteiger partial charge in [0, 0.05) is 12.2 Å². The first-order valence-corrected chi connectivity index (χ1v) is 22.7. The smallest absolute Gasteiger partial charge is 0.0142 e. The SMILES string of the molecule is CC(C)[OH+]c1c(NCc2ccc(F)cc2[CH]=[Ru]([Cl])[Cl])cc(C(C)(C)C)cc1C(C)(C)C.CSN1[CH-]N(c2c(C)cc(C)cc2C)CC1. The molecular formula is C38H54Cl2FN3ORuS. The van der Waals surface area contributed by atoms with Gasteiger partial charge in [-0.15, -0.1) is 11.9 Å². The molecule has 0 bridgehead atoms. The van der Waals surface area contributed by atoms with E-state index in [2.05, 4.69) is 128 Å². The van der Waals surface area contributed by atoms with Crippen molar-refractivity contribution in [2.75, 3.05) is 29.6 Å². The Hall–Kier alpha value is -1.63. The van der Waals surface area contributed by atoms with E-state index in [0.29, 0.717) is 6.54 Å². The van der Waals surface area contributed by atoms with Crippen LogP contribution in [0.15, 0.2) is 42.5 Å². The van der Waals surface area contributed by atoms with Crippen LogP contribution in [-0.2, 0) is 30.9 Å². The molecule has 1 fully saturated rings. The van der Waals surface area contributed by atoms with Crippen LogP contribution in [0.3, 0.4) is 0 Å². The van der Waals surface area contributed by atoms with Gasteiger partial charge in [-0.2, -0.15) is 6.67 Å². The van der Waals surface area contributed by atoms with Crippen molar-refractivity contribution in [1.29, 1.82) is 0 Å². The second-order valence-electron chi connectivity index (χ2n) is 14.5. The summed E-state index contributed by atoms with van der Waals surface area (Å²) in [5.41, 5.74) is 10.6. The monoisotopic (exact) mass is 791 g/mol. The molecule has 0 aromatic heterocycles. The Kier molecular flexibility index (Phi) is 14.3. The van der Waals surface area contributed by atoms with Gasteiger partial charge in [0.1, 0.15) is 0 Å². The minimum absolute atomic E-state index is 0.00213. The normalized spacial score (nSPS) is 14.2. The van der Waals surface area contributed by atoms with Gasteiger partial charge in [0.25, 0.3) is 0 Å². The average Bonchev–Trinajstić information content (AvgIpc) is 3.40. The Morgan fingerprint density at radius 1 is 0.979 bits per heavy atom. The molecule has 0 amide bonds. The third-order valence-electron chi connectivity index (χ3n) is 7.92. The molecule has 1 aliphatic rings. The van der Waals surface area contributed by atoms with Crippen LogP contribution in [0.2, 0.25) is 0 Å². The second-order valence-corrected chi connectivity index (χ2v) is 21.1. The summed E-state index contributed by atoms with van der Waals surface area (Å²) in [6.45, 7) is 29.0. The van der Waals surface area contributed by atoms with Gasteiger partial charge in [-0.1, -0.05) is 17.7 Å². The van der Waals surface area contributed by atoms with Gasteiger partial charge < -0.3 is 9.21 Å². The summed E-state index contributed by atoms with van der Waals surface area (Å²) in [6, 6.07) is 13.8. The fourth-order valence-corrected chi connectivity index (χ4v) is 8.01. The van der Waals surface area contributed by atoms with Crippen LogP contribution >= 0.6 is 31.3 Å². The fraction of sp³-hybridized carbons (Fsp3) is 0.474. The maximum Gasteiger partial charge on any atom is 0.0142 e. The van der Waals surface area contributed by atoms with Crippen LogP contribution in [0, 0.1) is 33.3 Å². The van der Waals surface area contributed by atoms with Gasteiger partial charge in [0.2, 0.25) is 0 Å². The van der Waals surface area contributed by atoms with E-state index in [-0.39, 0.29) is 22.8 Å². The number of ether oxygens (including phenoxy) is 1. The number of rotatable bonds is 8. The van der Waals surface area contributed by atoms with Crippen molar-refractivity contribution in [2.45, 2.75) is 99.6 Å². The minimum Gasteiger partial charge on any atom is -0.506 e. The molecule has 3 aromatic carbocycles. The molecule has 0 aliphatic carbocycles. The topological polar surface area (TPSA) is 31.3 Å². The number of aliphatic hydroxyl groups is 1. The van der Waals surface area contributed by atoms with E-state index in [0.717, 1.165) is 35.7 Å². The van der Waals surface area contributed by atoms with Gasteiger partial charge >= 0.3 is 201 Å². The quantitative estimate of drug-likeness (QED) is 0.0810. The molecule has 0 unspecified atom stereocenters. The number of anilines is 2. The largest absolute Gasteiger partial charge is 0.506 e. The third-order valence-corrected chi connectivity index (χ3v) is 10.5. The zero-order valence-corrected chi connectivity index (χ0v) is 34.2. The molecule has 2 N–H and O–H groups in total. The molecular weight excluding hydrogens is 737 g/mol. The number of benzene rings is 3. The number of hydrogen-bond acceptors (Lipinski definition) is 4. The van der Waals surface area contributed by atoms with Gasteiger partial charge in [-0.25, -0.2) is 0 Å². The predicted octanol–water partition coefficient (Wildman–Crippen LogP) is 10.9. The number of nitrogens with one attached hydrogen (secondary N) is 1. The molecule has 9 heteroatoms. The molecule has 262 valence electrons. The van der Waals surface area contributed by atoms with Crippen molar-refractivity contribution in [2.24, 2.45) is 0 Å². The van der Waals surface area contributed by atoms with E-state index < -0.39 is 13.5 Å². The summed E-state index contributed by atoms with van der Waals surface area (Å²) >= 11 is -0.290. The molecule has 0 atom stereocenters. The standard InChI is InChI=1S/C25H34FNO.C13H19N2S.2ClH.Ru/c1-16(2)28-23-21(25(7,8)9)13-19(24(4,5)6)14-22(23)27-15-18-10-11-20(26)12-17(18)3;1-10-7-11(2)13(12(3)8-10)14-5-6-15(9-14)16-4;;;/h3,10-14,16,27H,15H2,1-2,4-9H3;7-9H,5-6H2,1-4H3;2*1H;/q;-1;;;+2/p-1. The van der Waals surface area contributed by atoms with Crippen molar-refractivity contribution in [1.82, 2.24) is 4.31 Å². The van der Waals surface area contributed by atoms with E-state index >= 15 is 0 Å². The molecule has 1 saturated heterocycles. The Bertz CT molecular complexity index is 1540. The first-order chi connectivity index (χ1) is 21.8. The first-order valence-electron chi connectivity index (χ1n) is 16.1. The number of hydrogen-bond donors (Lipinski definition) is 1. The van der Waals surface area contributed by atoms with Gasteiger partial charge in [0.15, 0.2) is 0 Å². The van der Waals surface area contributed by atoms with Crippen LogP contribution in [-0.4, -0.2) is 39.1 Å². The maximum atomic E-state index is 13.8. The Labute approximate surface area is 301 Å². The summed E-state index contributed by atoms with van der Waals surface area (Å²) in [5.74, 6) is 0.698. The minimum atomic E-state index is -2.07. The Morgan fingerprint density at radius 3 is 2.13 bits per heavy atom. The van der Waals surface area contributed by atoms with E-state index in [1.807, 2.05) is 0 Å². The van der Waals surface area contributed by atoms with Gasteiger partial charge in [-0.3, -0.25) is 0 Å². The second kappa shape index (κ2) is 16.9. The van der Waals surface area contributed by atoms with E-state index in [9.17, 15) is 4.39 Å². The van der Waals surface area contributed by atoms with Crippen LogP contribution in [0.25, 0.3) is 0 Å². The molecule has 4 nitrogen and oxygen atoms in total. The van der Waals surface area contributed by atoms with Crippen LogP contribution < -0.4 is 10.2 Å². The van der Waals surface area contributed by atoms with Crippen molar-refractivity contribution in [3.05, 3.63) is 93.9 Å². The van der Waals surface area contributed by atoms with Crippen molar-refractivity contribution >= 4 is 47.3 Å². The van der Waals surface area contributed by atoms with Crippen LogP contribution in [0.1, 0.15) is 94.3 Å². The molecule has 0 spiro atoms. The van der Waals surface area contributed by atoms with E-state index in [4.69, 9.17) is 24.1 Å². The summed E-state index contributed by atoms with van der Waals surface area (Å²) in [7, 11) is 12.1. The first kappa shape index (κ1) is 39.8. The van der Waals surface area contributed by atoms with Gasteiger partial charge in [-0.05, 0) is 44.7 Å².